The number of guanidine groups is 1. The van der Waals surface area contributed by atoms with E-state index in [0.717, 1.165) is 44.3 Å². The van der Waals surface area contributed by atoms with E-state index >= 15 is 0 Å². The highest BCUT2D eigenvalue weighted by Crippen LogP contribution is 2.31. The summed E-state index contributed by atoms with van der Waals surface area (Å²) in [5, 5.41) is 11.5. The second kappa shape index (κ2) is 9.43. The van der Waals surface area contributed by atoms with Gasteiger partial charge in [-0.15, -0.1) is 0 Å². The third-order valence-corrected chi connectivity index (χ3v) is 6.97. The van der Waals surface area contributed by atoms with Gasteiger partial charge in [-0.05, 0) is 72.3 Å². The molecule has 2 saturated heterocycles. The van der Waals surface area contributed by atoms with Gasteiger partial charge >= 0.3 is 0 Å². The van der Waals surface area contributed by atoms with Gasteiger partial charge in [-0.1, -0.05) is 6.42 Å². The zero-order valence-corrected chi connectivity index (χ0v) is 18.2. The number of aliphatic imine (C=N–C) groups is 1. The minimum absolute atomic E-state index is 0.223. The van der Waals surface area contributed by atoms with E-state index in [2.05, 4.69) is 44.5 Å². The van der Waals surface area contributed by atoms with Crippen molar-refractivity contribution >= 4 is 5.96 Å². The molecule has 1 aromatic heterocycles. The summed E-state index contributed by atoms with van der Waals surface area (Å²) in [6, 6.07) is 0.352. The maximum Gasteiger partial charge on any atom is 0.191 e. The molecule has 2 N–H and O–H groups in total. The maximum atomic E-state index is 5.14. The van der Waals surface area contributed by atoms with Gasteiger partial charge in [-0.25, -0.2) is 9.67 Å². The lowest BCUT2D eigenvalue weighted by Gasteiger charge is -2.49. The molecule has 0 aromatic carbocycles. The van der Waals surface area contributed by atoms with E-state index in [0.29, 0.717) is 6.04 Å². The van der Waals surface area contributed by atoms with Gasteiger partial charge in [-0.2, -0.15) is 5.10 Å². The summed E-state index contributed by atoms with van der Waals surface area (Å²) in [5.41, 5.74) is 0.223. The number of rotatable bonds is 5. The first-order valence-electron chi connectivity index (χ1n) is 11.5. The monoisotopic (exact) mass is 402 g/mol. The highest BCUT2D eigenvalue weighted by atomic mass is 15.4. The summed E-state index contributed by atoms with van der Waals surface area (Å²) in [6.45, 7) is 9.60. The lowest BCUT2D eigenvalue weighted by Crippen LogP contribution is -2.58. The Bertz CT molecular complexity index is 670. The van der Waals surface area contributed by atoms with Crippen LogP contribution in [0.3, 0.4) is 0 Å². The normalized spacial score (nSPS) is 26.1. The molecule has 162 valence electrons. The van der Waals surface area contributed by atoms with Gasteiger partial charge in [0, 0.05) is 24.5 Å². The molecule has 3 aliphatic rings. The van der Waals surface area contributed by atoms with Crippen LogP contribution in [-0.2, 0) is 13.0 Å². The van der Waals surface area contributed by atoms with Crippen LogP contribution < -0.4 is 10.6 Å². The number of hydrogen-bond donors (Lipinski definition) is 2. The van der Waals surface area contributed by atoms with Crippen molar-refractivity contribution < 1.29 is 0 Å². The molecule has 1 aromatic rings. The first-order valence-corrected chi connectivity index (χ1v) is 11.5. The van der Waals surface area contributed by atoms with Crippen molar-refractivity contribution in [3.63, 3.8) is 0 Å². The van der Waals surface area contributed by atoms with Crippen LogP contribution in [0.5, 0.6) is 0 Å². The molecule has 2 fully saturated rings. The summed E-state index contributed by atoms with van der Waals surface area (Å²) in [7, 11) is 2.25. The number of hydrogen-bond acceptors (Lipinski definition) is 5. The Morgan fingerprint density at radius 1 is 1.21 bits per heavy atom. The largest absolute Gasteiger partial charge is 0.357 e. The van der Waals surface area contributed by atoms with Gasteiger partial charge in [0.05, 0.1) is 13.1 Å². The summed E-state index contributed by atoms with van der Waals surface area (Å²) in [4.78, 5) is 14.7. The minimum atomic E-state index is 0.223. The fraction of sp³-hybridized carbons (Fsp3) is 0.857. The molecule has 0 spiro atoms. The van der Waals surface area contributed by atoms with Crippen LogP contribution in [-0.4, -0.2) is 88.4 Å². The van der Waals surface area contributed by atoms with E-state index in [-0.39, 0.29) is 5.54 Å². The molecule has 4 rings (SSSR count). The van der Waals surface area contributed by atoms with Gasteiger partial charge < -0.3 is 15.5 Å². The minimum Gasteiger partial charge on any atom is -0.357 e. The van der Waals surface area contributed by atoms with Crippen molar-refractivity contribution in [1.29, 1.82) is 0 Å². The number of likely N-dealkylation sites (tertiary alicyclic amines) is 2. The second-order valence-corrected chi connectivity index (χ2v) is 9.01. The molecular formula is C21H38N8. The predicted octanol–water partition coefficient (Wildman–Crippen LogP) is 1.10. The van der Waals surface area contributed by atoms with Crippen LogP contribution in [0, 0.1) is 0 Å². The van der Waals surface area contributed by atoms with Crippen LogP contribution in [0.1, 0.15) is 51.3 Å². The summed E-state index contributed by atoms with van der Waals surface area (Å²) >= 11 is 0. The Morgan fingerprint density at radius 2 is 2.00 bits per heavy atom. The van der Waals surface area contributed by atoms with E-state index in [1.165, 1.54) is 58.3 Å². The molecule has 1 unspecified atom stereocenters. The van der Waals surface area contributed by atoms with Crippen LogP contribution in [0.4, 0.5) is 0 Å². The fourth-order valence-electron chi connectivity index (χ4n) is 5.07. The topological polar surface area (TPSA) is 73.6 Å². The molecule has 0 radical (unpaired) electrons. The van der Waals surface area contributed by atoms with E-state index < -0.39 is 0 Å². The standard InChI is InChI=1S/C21H38N8/c1-3-22-20(26-18-7-8-19-24-17-25-29(19)15-18)23-16-21(9-13-27(2)14-10-21)28-11-5-4-6-12-28/h17-18H,3-16H2,1-2H3,(H2,22,23,26). The number of nitrogens with zero attached hydrogens (tertiary/aromatic N) is 6. The van der Waals surface area contributed by atoms with Crippen molar-refractivity contribution in [2.45, 2.75) is 70.0 Å². The van der Waals surface area contributed by atoms with Gasteiger partial charge in [0.1, 0.15) is 12.2 Å². The number of fused-ring (bicyclic) bond motifs is 1. The highest BCUT2D eigenvalue weighted by molar-refractivity contribution is 5.80. The molecule has 3 aliphatic heterocycles. The van der Waals surface area contributed by atoms with Crippen LogP contribution >= 0.6 is 0 Å². The molecule has 4 heterocycles. The molecule has 8 nitrogen and oxygen atoms in total. The zero-order valence-electron chi connectivity index (χ0n) is 18.2. The van der Waals surface area contributed by atoms with E-state index in [1.54, 1.807) is 6.33 Å². The van der Waals surface area contributed by atoms with Gasteiger partial charge in [0.25, 0.3) is 0 Å². The summed E-state index contributed by atoms with van der Waals surface area (Å²) in [5.74, 6) is 2.05. The SMILES string of the molecule is CCNC(=NCC1(N2CCCCC2)CCN(C)CC1)NC1CCc2ncnn2C1. The van der Waals surface area contributed by atoms with E-state index in [1.807, 2.05) is 4.68 Å². The Kier molecular flexibility index (Phi) is 6.70. The van der Waals surface area contributed by atoms with Gasteiger partial charge in [0.2, 0.25) is 0 Å². The van der Waals surface area contributed by atoms with Crippen LogP contribution in [0.25, 0.3) is 0 Å². The first-order chi connectivity index (χ1) is 14.2. The Hall–Kier alpha value is -1.67. The molecule has 1 atom stereocenters. The molecule has 29 heavy (non-hydrogen) atoms. The smallest absolute Gasteiger partial charge is 0.191 e. The van der Waals surface area contributed by atoms with Crippen molar-refractivity contribution in [3.8, 4) is 0 Å². The quantitative estimate of drug-likeness (QED) is 0.568. The number of aryl methyl sites for hydroxylation is 1. The summed E-state index contributed by atoms with van der Waals surface area (Å²) in [6.07, 6.45) is 10.2. The molecular weight excluding hydrogens is 364 g/mol. The number of aromatic nitrogens is 3. The second-order valence-electron chi connectivity index (χ2n) is 9.01. The van der Waals surface area contributed by atoms with E-state index in [4.69, 9.17) is 4.99 Å². The molecule has 8 heteroatoms. The Morgan fingerprint density at radius 3 is 2.76 bits per heavy atom. The van der Waals surface area contributed by atoms with Gasteiger partial charge in [-0.3, -0.25) is 9.89 Å². The third kappa shape index (κ3) is 4.91. The molecule has 0 aliphatic carbocycles. The van der Waals surface area contributed by atoms with Crippen LogP contribution in [0.15, 0.2) is 11.3 Å². The van der Waals surface area contributed by atoms with Crippen LogP contribution in [0.2, 0.25) is 0 Å². The average molecular weight is 403 g/mol. The van der Waals surface area contributed by atoms with E-state index in [9.17, 15) is 0 Å². The third-order valence-electron chi connectivity index (χ3n) is 6.97. The number of nitrogens with one attached hydrogen (secondary N) is 2. The van der Waals surface area contributed by atoms with Gasteiger partial charge in [0.15, 0.2) is 5.96 Å². The molecule has 0 saturated carbocycles. The lowest BCUT2D eigenvalue weighted by molar-refractivity contribution is 0.0208. The Labute approximate surface area is 175 Å². The zero-order chi connectivity index (χ0) is 20.1. The molecule has 0 bridgehead atoms. The lowest BCUT2D eigenvalue weighted by atomic mass is 9.84. The first kappa shape index (κ1) is 20.6. The fourth-order valence-corrected chi connectivity index (χ4v) is 5.07. The maximum absolute atomic E-state index is 5.14. The molecule has 0 amide bonds. The van der Waals surface area contributed by atoms with Crippen molar-refractivity contribution in [2.24, 2.45) is 4.99 Å². The summed E-state index contributed by atoms with van der Waals surface area (Å²) < 4.78 is 2.02. The van der Waals surface area contributed by atoms with Crippen molar-refractivity contribution in [3.05, 3.63) is 12.2 Å². The highest BCUT2D eigenvalue weighted by Gasteiger charge is 2.39. The average Bonchev–Trinajstić information content (AvgIpc) is 3.22. The Balaban J connectivity index is 1.44. The number of piperidine rings is 2. The van der Waals surface area contributed by atoms with Crippen molar-refractivity contribution in [1.82, 2.24) is 35.2 Å². The predicted molar refractivity (Wildman–Crippen MR) is 116 cm³/mol. The van der Waals surface area contributed by atoms with Crippen molar-refractivity contribution in [2.75, 3.05) is 46.3 Å².